The summed E-state index contributed by atoms with van der Waals surface area (Å²) in [5.74, 6) is 0.961. The number of aryl methyl sites for hydroxylation is 1. The molecular formula is C17H25NO2. The summed E-state index contributed by atoms with van der Waals surface area (Å²) in [6, 6.07) is 8.48. The predicted octanol–water partition coefficient (Wildman–Crippen LogP) is 4.21. The van der Waals surface area contributed by atoms with Crippen molar-refractivity contribution in [3.63, 3.8) is 0 Å². The summed E-state index contributed by atoms with van der Waals surface area (Å²) >= 11 is 0. The maximum absolute atomic E-state index is 6.05. The zero-order valence-electron chi connectivity index (χ0n) is 12.9. The Morgan fingerprint density at radius 1 is 1.30 bits per heavy atom. The molecule has 3 heteroatoms. The molecule has 2 rings (SSSR count). The number of rotatable bonds is 7. The van der Waals surface area contributed by atoms with E-state index >= 15 is 0 Å². The van der Waals surface area contributed by atoms with Crippen LogP contribution in [0.3, 0.4) is 0 Å². The molecule has 0 fully saturated rings. The van der Waals surface area contributed by atoms with Crippen molar-refractivity contribution < 1.29 is 9.15 Å². The van der Waals surface area contributed by atoms with E-state index in [2.05, 4.69) is 57.3 Å². The van der Waals surface area contributed by atoms with Crippen molar-refractivity contribution >= 4 is 11.0 Å². The van der Waals surface area contributed by atoms with Crippen molar-refractivity contribution in [2.24, 2.45) is 0 Å². The van der Waals surface area contributed by atoms with Gasteiger partial charge in [0.05, 0.1) is 18.8 Å². The number of nitrogens with one attached hydrogen (secondary N) is 1. The van der Waals surface area contributed by atoms with Crippen LogP contribution in [0.4, 0.5) is 0 Å². The molecule has 0 radical (unpaired) electrons. The Labute approximate surface area is 121 Å². The Morgan fingerprint density at radius 3 is 2.75 bits per heavy atom. The number of hydrogen-bond donors (Lipinski definition) is 1. The third-order valence-corrected chi connectivity index (χ3v) is 3.34. The van der Waals surface area contributed by atoms with E-state index in [1.807, 2.05) is 0 Å². The highest BCUT2D eigenvalue weighted by Crippen LogP contribution is 2.26. The second-order valence-electron chi connectivity index (χ2n) is 5.53. The van der Waals surface area contributed by atoms with E-state index < -0.39 is 0 Å². The van der Waals surface area contributed by atoms with E-state index in [9.17, 15) is 0 Å². The summed E-state index contributed by atoms with van der Waals surface area (Å²) in [6.45, 7) is 9.95. The van der Waals surface area contributed by atoms with Crippen LogP contribution in [-0.2, 0) is 4.74 Å². The van der Waals surface area contributed by atoms with Gasteiger partial charge in [-0.3, -0.25) is 0 Å². The largest absolute Gasteiger partial charge is 0.459 e. The lowest BCUT2D eigenvalue weighted by Crippen LogP contribution is -2.27. The third-order valence-electron chi connectivity index (χ3n) is 3.34. The zero-order chi connectivity index (χ0) is 14.5. The van der Waals surface area contributed by atoms with Crippen LogP contribution >= 0.6 is 0 Å². The molecule has 1 heterocycles. The minimum atomic E-state index is 0.115. The van der Waals surface area contributed by atoms with Gasteiger partial charge in [-0.25, -0.2) is 0 Å². The van der Waals surface area contributed by atoms with Crippen LogP contribution in [0.15, 0.2) is 28.7 Å². The van der Waals surface area contributed by atoms with E-state index in [0.717, 1.165) is 29.7 Å². The van der Waals surface area contributed by atoms with E-state index in [0.29, 0.717) is 6.61 Å². The molecule has 1 unspecified atom stereocenters. The van der Waals surface area contributed by atoms with Crippen LogP contribution < -0.4 is 5.32 Å². The number of benzene rings is 1. The van der Waals surface area contributed by atoms with Gasteiger partial charge in [-0.1, -0.05) is 25.1 Å². The fourth-order valence-corrected chi connectivity index (χ4v) is 2.25. The van der Waals surface area contributed by atoms with Gasteiger partial charge in [0, 0.05) is 5.39 Å². The molecule has 0 aliphatic rings. The average Bonchev–Trinajstić information content (AvgIpc) is 2.84. The molecule has 0 aliphatic heterocycles. The van der Waals surface area contributed by atoms with E-state index in [1.165, 1.54) is 5.56 Å². The van der Waals surface area contributed by atoms with Gasteiger partial charge in [0.1, 0.15) is 11.3 Å². The quantitative estimate of drug-likeness (QED) is 0.822. The molecule has 20 heavy (non-hydrogen) atoms. The highest BCUT2D eigenvalue weighted by Gasteiger charge is 2.17. The Balaban J connectivity index is 2.22. The molecule has 110 valence electrons. The molecule has 2 aromatic rings. The Bertz CT molecular complexity index is 545. The van der Waals surface area contributed by atoms with Gasteiger partial charge in [0.2, 0.25) is 0 Å². The van der Waals surface area contributed by atoms with Crippen molar-refractivity contribution in [3.8, 4) is 0 Å². The van der Waals surface area contributed by atoms with Gasteiger partial charge in [0.25, 0.3) is 0 Å². The first-order valence-corrected chi connectivity index (χ1v) is 7.45. The summed E-state index contributed by atoms with van der Waals surface area (Å²) in [5, 5.41) is 4.66. The summed E-state index contributed by atoms with van der Waals surface area (Å²) in [7, 11) is 0. The van der Waals surface area contributed by atoms with Gasteiger partial charge in [-0.2, -0.15) is 0 Å². The molecule has 0 spiro atoms. The minimum absolute atomic E-state index is 0.115. The van der Waals surface area contributed by atoms with Gasteiger partial charge >= 0.3 is 0 Å². The fourth-order valence-electron chi connectivity index (χ4n) is 2.25. The SMILES string of the molecule is CCCNC(COC(C)C)c1cc2cccc(C)c2o1. The molecule has 3 nitrogen and oxygen atoms in total. The topological polar surface area (TPSA) is 34.4 Å². The van der Waals surface area contributed by atoms with Crippen LogP contribution in [-0.4, -0.2) is 19.3 Å². The first-order chi connectivity index (χ1) is 9.61. The van der Waals surface area contributed by atoms with Crippen molar-refractivity contribution in [3.05, 3.63) is 35.6 Å². The molecule has 1 aromatic carbocycles. The fraction of sp³-hybridized carbons (Fsp3) is 0.529. The lowest BCUT2D eigenvalue weighted by atomic mass is 10.1. The first kappa shape index (κ1) is 15.1. The lowest BCUT2D eigenvalue weighted by Gasteiger charge is -2.18. The van der Waals surface area contributed by atoms with E-state index in [1.54, 1.807) is 0 Å². The summed E-state index contributed by atoms with van der Waals surface area (Å²) in [5.41, 5.74) is 2.16. The monoisotopic (exact) mass is 275 g/mol. The average molecular weight is 275 g/mol. The molecule has 0 bridgehead atoms. The highest BCUT2D eigenvalue weighted by atomic mass is 16.5. The Kier molecular flexibility index (Phi) is 5.21. The smallest absolute Gasteiger partial charge is 0.137 e. The number of para-hydroxylation sites is 1. The van der Waals surface area contributed by atoms with Gasteiger partial charge in [0.15, 0.2) is 0 Å². The number of ether oxygens (including phenoxy) is 1. The molecule has 0 saturated heterocycles. The van der Waals surface area contributed by atoms with Crippen molar-refractivity contribution in [2.75, 3.05) is 13.2 Å². The van der Waals surface area contributed by atoms with Crippen LogP contribution in [0.5, 0.6) is 0 Å². The number of fused-ring (bicyclic) bond motifs is 1. The summed E-state index contributed by atoms with van der Waals surface area (Å²) in [4.78, 5) is 0. The minimum Gasteiger partial charge on any atom is -0.459 e. The normalized spacial score (nSPS) is 13.2. The molecule has 0 saturated carbocycles. The second kappa shape index (κ2) is 6.91. The number of furan rings is 1. The standard InChI is InChI=1S/C17H25NO2/c1-5-9-18-15(11-19-12(2)3)16-10-14-8-6-7-13(4)17(14)20-16/h6-8,10,12,15,18H,5,9,11H2,1-4H3. The van der Waals surface area contributed by atoms with Crippen LogP contribution in [0.1, 0.15) is 44.6 Å². The third kappa shape index (κ3) is 3.62. The van der Waals surface area contributed by atoms with Gasteiger partial charge in [-0.05, 0) is 45.4 Å². The summed E-state index contributed by atoms with van der Waals surface area (Å²) in [6.07, 6.45) is 1.32. The highest BCUT2D eigenvalue weighted by molar-refractivity contribution is 5.81. The van der Waals surface area contributed by atoms with E-state index in [-0.39, 0.29) is 12.1 Å². The van der Waals surface area contributed by atoms with Gasteiger partial charge < -0.3 is 14.5 Å². The molecule has 1 N–H and O–H groups in total. The Hall–Kier alpha value is -1.32. The van der Waals surface area contributed by atoms with Gasteiger partial charge in [-0.15, -0.1) is 0 Å². The Morgan fingerprint density at radius 2 is 2.10 bits per heavy atom. The second-order valence-corrected chi connectivity index (χ2v) is 5.53. The van der Waals surface area contributed by atoms with Crippen LogP contribution in [0.2, 0.25) is 0 Å². The maximum atomic E-state index is 6.05. The molecular weight excluding hydrogens is 250 g/mol. The lowest BCUT2D eigenvalue weighted by molar-refractivity contribution is 0.0571. The van der Waals surface area contributed by atoms with Crippen LogP contribution in [0, 0.1) is 6.92 Å². The summed E-state index contributed by atoms with van der Waals surface area (Å²) < 4.78 is 11.8. The molecule has 0 aliphatic carbocycles. The molecule has 1 atom stereocenters. The zero-order valence-corrected chi connectivity index (χ0v) is 12.9. The molecule has 1 aromatic heterocycles. The van der Waals surface area contributed by atoms with Crippen molar-refractivity contribution in [2.45, 2.75) is 46.3 Å². The van der Waals surface area contributed by atoms with E-state index in [4.69, 9.17) is 9.15 Å². The van der Waals surface area contributed by atoms with Crippen molar-refractivity contribution in [1.82, 2.24) is 5.32 Å². The van der Waals surface area contributed by atoms with Crippen LogP contribution in [0.25, 0.3) is 11.0 Å². The predicted molar refractivity (Wildman–Crippen MR) is 83.1 cm³/mol. The molecule has 0 amide bonds. The first-order valence-electron chi connectivity index (χ1n) is 7.45. The maximum Gasteiger partial charge on any atom is 0.137 e. The number of hydrogen-bond acceptors (Lipinski definition) is 3. The van der Waals surface area contributed by atoms with Crippen molar-refractivity contribution in [1.29, 1.82) is 0 Å².